The van der Waals surface area contributed by atoms with Crippen LogP contribution in [-0.2, 0) is 5.33 Å². The second-order valence-corrected chi connectivity index (χ2v) is 4.98. The summed E-state index contributed by atoms with van der Waals surface area (Å²) in [6.45, 7) is 0. The van der Waals surface area contributed by atoms with Gasteiger partial charge >= 0.3 is 0 Å². The number of rotatable bonds is 2. The third kappa shape index (κ3) is 2.95. The monoisotopic (exact) mass is 473 g/mol. The highest BCUT2D eigenvalue weighted by Crippen LogP contribution is 2.27. The molecule has 0 aliphatic carbocycles. The van der Waals surface area contributed by atoms with Gasteiger partial charge in [0.15, 0.2) is 0 Å². The Morgan fingerprint density at radius 1 is 1.46 bits per heavy atom. The molecule has 0 aliphatic rings. The Kier molecular flexibility index (Phi) is 4.76. The lowest BCUT2D eigenvalue weighted by Crippen LogP contribution is -2.00. The number of hydrogen-bond acceptors (Lipinski definition) is 1. The van der Waals surface area contributed by atoms with Gasteiger partial charge in [0.1, 0.15) is 9.39 Å². The fraction of sp³-hybridized carbons (Fsp3) is 0.286. The van der Waals surface area contributed by atoms with Crippen molar-refractivity contribution >= 4 is 61.1 Å². The number of aromatic nitrogens is 1. The second-order valence-electron chi connectivity index (χ2n) is 2.24. The molecule has 0 atom stereocenters. The molecule has 0 amide bonds. The average Bonchev–Trinajstić information content (AvgIpc) is 2.08. The molecule has 1 rings (SSSR count). The summed E-state index contributed by atoms with van der Waals surface area (Å²) >= 11 is 7.08. The molecule has 0 aromatic carbocycles. The zero-order valence-electron chi connectivity index (χ0n) is 6.20. The lowest BCUT2D eigenvalue weighted by Gasteiger charge is -2.07. The van der Waals surface area contributed by atoms with E-state index in [1.807, 2.05) is 45.2 Å². The topological polar surface area (TPSA) is 12.9 Å². The van der Waals surface area contributed by atoms with E-state index in [0.29, 0.717) is 12.6 Å². The Morgan fingerprint density at radius 3 is 2.54 bits per heavy atom. The quantitative estimate of drug-likeness (QED) is 0.358. The van der Waals surface area contributed by atoms with Crippen molar-refractivity contribution < 1.29 is 8.78 Å². The molecule has 0 spiro atoms. The number of alkyl halides is 3. The van der Waals surface area contributed by atoms with E-state index in [2.05, 4.69) is 20.9 Å². The number of nitrogens with zero attached hydrogens (tertiary/aromatic N) is 1. The molecule has 0 N–H and O–H groups in total. The van der Waals surface area contributed by atoms with Crippen molar-refractivity contribution in [3.8, 4) is 0 Å². The van der Waals surface area contributed by atoms with Crippen LogP contribution in [0.5, 0.6) is 0 Å². The van der Waals surface area contributed by atoms with Crippen molar-refractivity contribution in [2.75, 3.05) is 0 Å². The first-order chi connectivity index (χ1) is 6.06. The van der Waals surface area contributed by atoms with Crippen LogP contribution in [0.3, 0.4) is 0 Å². The molecule has 1 nitrogen and oxygen atoms in total. The zero-order valence-corrected chi connectivity index (χ0v) is 12.1. The van der Waals surface area contributed by atoms with E-state index in [0.717, 1.165) is 5.56 Å². The van der Waals surface area contributed by atoms with E-state index in [-0.39, 0.29) is 5.69 Å². The average molecular weight is 474 g/mol. The lowest BCUT2D eigenvalue weighted by molar-refractivity contribution is 0.144. The summed E-state index contributed by atoms with van der Waals surface area (Å²) in [6, 6.07) is 1.79. The SMILES string of the molecule is FC(F)c1nc(I)cc(CBr)c1I. The molecule has 13 heavy (non-hydrogen) atoms. The molecule has 0 radical (unpaired) electrons. The number of pyridine rings is 1. The molecule has 0 saturated carbocycles. The molecule has 6 heteroatoms. The summed E-state index contributed by atoms with van der Waals surface area (Å²) < 4.78 is 26.0. The summed E-state index contributed by atoms with van der Waals surface area (Å²) in [7, 11) is 0. The van der Waals surface area contributed by atoms with Gasteiger partial charge in [-0.15, -0.1) is 0 Å². The fourth-order valence-electron chi connectivity index (χ4n) is 0.810. The molecule has 0 saturated heterocycles. The van der Waals surface area contributed by atoms with Crippen LogP contribution in [0, 0.1) is 7.27 Å². The van der Waals surface area contributed by atoms with Gasteiger partial charge in [-0.2, -0.15) is 0 Å². The lowest BCUT2D eigenvalue weighted by atomic mass is 10.2. The fourth-order valence-corrected chi connectivity index (χ4v) is 3.11. The van der Waals surface area contributed by atoms with Crippen molar-refractivity contribution in [3.63, 3.8) is 0 Å². The molecule has 0 bridgehead atoms. The maximum absolute atomic E-state index is 12.4. The molecule has 1 aromatic rings. The highest BCUT2D eigenvalue weighted by atomic mass is 127. The van der Waals surface area contributed by atoms with Gasteiger partial charge in [0.2, 0.25) is 0 Å². The molecule has 0 aliphatic heterocycles. The van der Waals surface area contributed by atoms with Crippen LogP contribution in [0.2, 0.25) is 0 Å². The van der Waals surface area contributed by atoms with E-state index in [4.69, 9.17) is 0 Å². The van der Waals surface area contributed by atoms with Crippen LogP contribution in [0.25, 0.3) is 0 Å². The van der Waals surface area contributed by atoms with Gasteiger partial charge < -0.3 is 0 Å². The highest BCUT2D eigenvalue weighted by molar-refractivity contribution is 14.1. The van der Waals surface area contributed by atoms with Crippen LogP contribution in [0.4, 0.5) is 8.78 Å². The van der Waals surface area contributed by atoms with Crippen LogP contribution in [0.15, 0.2) is 6.07 Å². The normalized spacial score (nSPS) is 10.9. The van der Waals surface area contributed by atoms with Gasteiger partial charge in [-0.1, -0.05) is 15.9 Å². The Bertz CT molecular complexity index is 320. The van der Waals surface area contributed by atoms with Crippen molar-refractivity contribution in [1.82, 2.24) is 4.98 Å². The third-order valence-corrected chi connectivity index (χ3v) is 3.78. The molecule has 0 unspecified atom stereocenters. The summed E-state index contributed by atoms with van der Waals surface area (Å²) in [5, 5.41) is 0.573. The van der Waals surface area contributed by atoms with Crippen LogP contribution in [-0.4, -0.2) is 4.98 Å². The van der Waals surface area contributed by atoms with Gasteiger partial charge in [-0.05, 0) is 56.8 Å². The molecular weight excluding hydrogens is 470 g/mol. The van der Waals surface area contributed by atoms with E-state index >= 15 is 0 Å². The van der Waals surface area contributed by atoms with Gasteiger partial charge in [0.25, 0.3) is 6.43 Å². The molecule has 1 aromatic heterocycles. The smallest absolute Gasteiger partial charge is 0.240 e. The summed E-state index contributed by atoms with van der Waals surface area (Å²) in [5.74, 6) is 0. The molecule has 72 valence electrons. The maximum atomic E-state index is 12.4. The van der Waals surface area contributed by atoms with Crippen LogP contribution < -0.4 is 0 Å². The van der Waals surface area contributed by atoms with E-state index in [9.17, 15) is 8.78 Å². The van der Waals surface area contributed by atoms with Crippen molar-refractivity contribution in [3.05, 3.63) is 24.6 Å². The number of hydrogen-bond donors (Lipinski definition) is 0. The number of halogens is 5. The minimum atomic E-state index is -2.50. The Labute approximate surface area is 110 Å². The minimum absolute atomic E-state index is 0.123. The van der Waals surface area contributed by atoms with Gasteiger partial charge in [-0.25, -0.2) is 13.8 Å². The third-order valence-electron chi connectivity index (χ3n) is 1.38. The first-order valence-corrected chi connectivity index (χ1v) is 6.53. The molecule has 0 fully saturated rings. The summed E-state index contributed by atoms with van der Waals surface area (Å²) in [6.07, 6.45) is -2.50. The van der Waals surface area contributed by atoms with Crippen molar-refractivity contribution in [1.29, 1.82) is 0 Å². The van der Waals surface area contributed by atoms with E-state index < -0.39 is 6.43 Å². The van der Waals surface area contributed by atoms with E-state index in [1.54, 1.807) is 6.07 Å². The molecule has 1 heterocycles. The largest absolute Gasteiger partial charge is 0.281 e. The summed E-state index contributed by atoms with van der Waals surface area (Å²) in [4.78, 5) is 3.79. The van der Waals surface area contributed by atoms with Crippen LogP contribution >= 0.6 is 61.1 Å². The Balaban J connectivity index is 3.27. The maximum Gasteiger partial charge on any atom is 0.281 e. The minimum Gasteiger partial charge on any atom is -0.240 e. The predicted octanol–water partition coefficient (Wildman–Crippen LogP) is 4.12. The summed E-state index contributed by atoms with van der Waals surface area (Å²) in [5.41, 5.74) is 0.734. The van der Waals surface area contributed by atoms with Crippen molar-refractivity contribution in [2.24, 2.45) is 0 Å². The van der Waals surface area contributed by atoms with Crippen molar-refractivity contribution in [2.45, 2.75) is 11.8 Å². The standard InChI is InChI=1S/C7H4BrF2I2N/c8-2-3-1-4(11)13-6(5(3)12)7(9)10/h1,7H,2H2. The van der Waals surface area contributed by atoms with Gasteiger partial charge in [-0.3, -0.25) is 0 Å². The highest BCUT2D eigenvalue weighted by Gasteiger charge is 2.16. The first kappa shape index (κ1) is 12.0. The van der Waals surface area contributed by atoms with Gasteiger partial charge in [0, 0.05) is 8.90 Å². The Hall–Kier alpha value is 0.950. The van der Waals surface area contributed by atoms with Gasteiger partial charge in [0.05, 0.1) is 0 Å². The molecular formula is C7H4BrF2I2N. The van der Waals surface area contributed by atoms with Crippen LogP contribution in [0.1, 0.15) is 17.7 Å². The van der Waals surface area contributed by atoms with E-state index in [1.165, 1.54) is 0 Å². The predicted molar refractivity (Wildman–Crippen MR) is 67.3 cm³/mol. The zero-order chi connectivity index (χ0) is 10.0. The Morgan fingerprint density at radius 2 is 2.08 bits per heavy atom. The second kappa shape index (κ2) is 5.15. The first-order valence-electron chi connectivity index (χ1n) is 3.25.